The zero-order valence-electron chi connectivity index (χ0n) is 13.2. The average molecular weight is 490 g/mol. The van der Waals surface area contributed by atoms with Crippen molar-refractivity contribution in [2.75, 3.05) is 17.7 Å². The van der Waals surface area contributed by atoms with Crippen molar-refractivity contribution in [3.05, 3.63) is 55.8 Å². The van der Waals surface area contributed by atoms with Crippen LogP contribution in [0.1, 0.15) is 9.67 Å². The lowest BCUT2D eigenvalue weighted by Crippen LogP contribution is -2.19. The van der Waals surface area contributed by atoms with Crippen LogP contribution in [0, 0.1) is 0 Å². The predicted molar refractivity (Wildman–Crippen MR) is 117 cm³/mol. The van der Waals surface area contributed by atoms with E-state index in [1.165, 1.54) is 18.4 Å². The number of carbonyl (C=O) groups is 1. The maximum absolute atomic E-state index is 11.8. The summed E-state index contributed by atoms with van der Waals surface area (Å²) < 4.78 is 6.49. The summed E-state index contributed by atoms with van der Waals surface area (Å²) in [7, 11) is 1.33. The summed E-state index contributed by atoms with van der Waals surface area (Å²) in [4.78, 5) is 12.1. The third kappa shape index (κ3) is 4.13. The van der Waals surface area contributed by atoms with Crippen LogP contribution in [0.5, 0.6) is 0 Å². The molecule has 0 radical (unpaired) electrons. The number of thiophene rings is 1. The van der Waals surface area contributed by atoms with E-state index in [1.807, 2.05) is 30.3 Å². The number of esters is 1. The minimum atomic E-state index is -0.451. The van der Waals surface area contributed by atoms with Crippen molar-refractivity contribution in [2.24, 2.45) is 0 Å². The highest BCUT2D eigenvalue weighted by Crippen LogP contribution is 2.37. The molecular formula is C17H11BrCl2N2O2S2. The lowest BCUT2D eigenvalue weighted by molar-refractivity contribution is 0.0606. The molecule has 0 aliphatic carbocycles. The lowest BCUT2D eigenvalue weighted by atomic mass is 10.2. The second-order valence-corrected chi connectivity index (χ2v) is 8.31. The quantitative estimate of drug-likeness (QED) is 0.322. The van der Waals surface area contributed by atoms with Gasteiger partial charge in [-0.3, -0.25) is 0 Å². The van der Waals surface area contributed by atoms with Gasteiger partial charge in [-0.15, -0.1) is 11.3 Å². The zero-order valence-corrected chi connectivity index (χ0v) is 18.0. The van der Waals surface area contributed by atoms with Crippen molar-refractivity contribution in [1.29, 1.82) is 0 Å². The summed E-state index contributed by atoms with van der Waals surface area (Å²) in [5.41, 5.74) is 1.46. The van der Waals surface area contributed by atoms with Gasteiger partial charge in [-0.05, 0) is 48.6 Å². The molecule has 4 nitrogen and oxygen atoms in total. The highest BCUT2D eigenvalue weighted by atomic mass is 79.9. The standard InChI is InChI=1S/C17H11BrCl2N2O2S2/c1-24-16(23)15-14(20)10-4-3-9(7-13(10)26-15)21-17(25)22-12-5-2-8(18)6-11(12)19/h2-7H,1H3,(H2,21,22,25). The van der Waals surface area contributed by atoms with Crippen molar-refractivity contribution in [3.8, 4) is 0 Å². The molecule has 0 saturated heterocycles. The molecule has 1 heterocycles. The van der Waals surface area contributed by atoms with Gasteiger partial charge in [0.2, 0.25) is 0 Å². The van der Waals surface area contributed by atoms with E-state index in [1.54, 1.807) is 6.07 Å². The van der Waals surface area contributed by atoms with Crippen LogP contribution in [-0.4, -0.2) is 18.2 Å². The largest absolute Gasteiger partial charge is 0.465 e. The first-order valence-corrected chi connectivity index (χ1v) is 10.00. The van der Waals surface area contributed by atoms with E-state index in [4.69, 9.17) is 40.2 Å². The van der Waals surface area contributed by atoms with E-state index < -0.39 is 5.97 Å². The lowest BCUT2D eigenvalue weighted by Gasteiger charge is -2.12. The SMILES string of the molecule is COC(=O)c1sc2cc(NC(=S)Nc3ccc(Br)cc3Cl)ccc2c1Cl. The van der Waals surface area contributed by atoms with Gasteiger partial charge in [0.1, 0.15) is 4.88 Å². The van der Waals surface area contributed by atoms with Crippen LogP contribution in [-0.2, 0) is 4.74 Å². The molecule has 3 rings (SSSR count). The molecule has 0 aliphatic heterocycles. The second-order valence-electron chi connectivity index (χ2n) is 5.15. The van der Waals surface area contributed by atoms with Gasteiger partial charge < -0.3 is 15.4 Å². The van der Waals surface area contributed by atoms with Crippen LogP contribution in [0.15, 0.2) is 40.9 Å². The van der Waals surface area contributed by atoms with E-state index in [2.05, 4.69) is 26.6 Å². The van der Waals surface area contributed by atoms with Crippen LogP contribution >= 0.6 is 62.7 Å². The Morgan fingerprint density at radius 3 is 2.65 bits per heavy atom. The molecule has 2 N–H and O–H groups in total. The van der Waals surface area contributed by atoms with Gasteiger partial charge in [0, 0.05) is 20.2 Å². The molecule has 0 atom stereocenters. The number of hydrogen-bond acceptors (Lipinski definition) is 4. The van der Waals surface area contributed by atoms with Crippen molar-refractivity contribution in [1.82, 2.24) is 0 Å². The van der Waals surface area contributed by atoms with Crippen LogP contribution < -0.4 is 10.6 Å². The highest BCUT2D eigenvalue weighted by Gasteiger charge is 2.17. The Morgan fingerprint density at radius 2 is 1.96 bits per heavy atom. The molecular weight excluding hydrogens is 479 g/mol. The molecule has 0 amide bonds. The van der Waals surface area contributed by atoms with Crippen molar-refractivity contribution >= 4 is 95.2 Å². The van der Waals surface area contributed by atoms with Gasteiger partial charge in [0.05, 0.1) is 22.8 Å². The fourth-order valence-electron chi connectivity index (χ4n) is 2.24. The maximum atomic E-state index is 11.8. The number of nitrogens with one attached hydrogen (secondary N) is 2. The molecule has 0 bridgehead atoms. The molecule has 26 heavy (non-hydrogen) atoms. The third-order valence-electron chi connectivity index (χ3n) is 3.44. The number of ether oxygens (including phenoxy) is 1. The molecule has 0 saturated carbocycles. The zero-order chi connectivity index (χ0) is 18.8. The molecule has 0 aliphatic rings. The minimum Gasteiger partial charge on any atom is -0.465 e. The minimum absolute atomic E-state index is 0.378. The van der Waals surface area contributed by atoms with Crippen LogP contribution in [0.25, 0.3) is 10.1 Å². The Hall–Kier alpha value is -1.38. The van der Waals surface area contributed by atoms with Gasteiger partial charge in [-0.2, -0.15) is 0 Å². The highest BCUT2D eigenvalue weighted by molar-refractivity contribution is 9.10. The first kappa shape index (κ1) is 19.4. The maximum Gasteiger partial charge on any atom is 0.349 e. The molecule has 0 unspecified atom stereocenters. The van der Waals surface area contributed by atoms with Crippen molar-refractivity contribution < 1.29 is 9.53 Å². The summed E-state index contributed by atoms with van der Waals surface area (Å²) in [5, 5.41) is 8.27. The van der Waals surface area contributed by atoms with Gasteiger partial charge in [0.15, 0.2) is 5.11 Å². The van der Waals surface area contributed by atoms with Crippen molar-refractivity contribution in [2.45, 2.75) is 0 Å². The number of halogens is 3. The summed E-state index contributed by atoms with van der Waals surface area (Å²) in [5.74, 6) is -0.451. The van der Waals surface area contributed by atoms with E-state index in [9.17, 15) is 4.79 Å². The van der Waals surface area contributed by atoms with Gasteiger partial charge >= 0.3 is 5.97 Å². The smallest absolute Gasteiger partial charge is 0.349 e. The molecule has 9 heteroatoms. The van der Waals surface area contributed by atoms with Crippen LogP contribution in [0.3, 0.4) is 0 Å². The Labute approximate surface area is 177 Å². The molecule has 0 fully saturated rings. The number of carbonyl (C=O) groups excluding carboxylic acids is 1. The summed E-state index contributed by atoms with van der Waals surface area (Å²) in [6.45, 7) is 0. The van der Waals surface area contributed by atoms with E-state index in [0.29, 0.717) is 25.7 Å². The van der Waals surface area contributed by atoms with Gasteiger partial charge in [0.25, 0.3) is 0 Å². The van der Waals surface area contributed by atoms with Crippen LogP contribution in [0.2, 0.25) is 10.0 Å². The molecule has 1 aromatic heterocycles. The number of hydrogen-bond donors (Lipinski definition) is 2. The number of anilines is 2. The number of methoxy groups -OCH3 is 1. The molecule has 3 aromatic rings. The summed E-state index contributed by atoms with van der Waals surface area (Å²) in [6, 6.07) is 11.0. The number of fused-ring (bicyclic) bond motifs is 1. The first-order chi connectivity index (χ1) is 12.4. The Balaban J connectivity index is 1.80. The number of thiocarbonyl (C=S) groups is 1. The van der Waals surface area contributed by atoms with E-state index in [-0.39, 0.29) is 0 Å². The number of rotatable bonds is 3. The molecule has 134 valence electrons. The Kier molecular flexibility index (Phi) is 6.04. The second kappa shape index (κ2) is 8.10. The number of benzene rings is 2. The molecule has 2 aromatic carbocycles. The molecule has 0 spiro atoms. The Morgan fingerprint density at radius 1 is 1.19 bits per heavy atom. The predicted octanol–water partition coefficient (Wildman–Crippen LogP) is 6.57. The summed E-state index contributed by atoms with van der Waals surface area (Å²) >= 11 is 22.4. The topological polar surface area (TPSA) is 50.4 Å². The van der Waals surface area contributed by atoms with Gasteiger partial charge in [-0.25, -0.2) is 4.79 Å². The summed E-state index contributed by atoms with van der Waals surface area (Å²) in [6.07, 6.45) is 0. The van der Waals surface area contributed by atoms with E-state index >= 15 is 0 Å². The average Bonchev–Trinajstić information content (AvgIpc) is 2.93. The fourth-order valence-corrected chi connectivity index (χ4v) is 4.66. The first-order valence-electron chi connectivity index (χ1n) is 7.22. The van der Waals surface area contributed by atoms with Crippen LogP contribution in [0.4, 0.5) is 11.4 Å². The van der Waals surface area contributed by atoms with Crippen molar-refractivity contribution in [3.63, 3.8) is 0 Å². The van der Waals surface area contributed by atoms with Gasteiger partial charge in [-0.1, -0.05) is 39.1 Å². The Bertz CT molecular complexity index is 1020. The van der Waals surface area contributed by atoms with E-state index in [0.717, 1.165) is 20.2 Å². The third-order valence-corrected chi connectivity index (χ3v) is 6.08. The normalized spacial score (nSPS) is 10.6. The monoisotopic (exact) mass is 488 g/mol. The fraction of sp³-hybridized carbons (Fsp3) is 0.0588.